The molecule has 1 aliphatic rings. The molecule has 27 heavy (non-hydrogen) atoms. The van der Waals surface area contributed by atoms with Gasteiger partial charge in [0.25, 0.3) is 0 Å². The van der Waals surface area contributed by atoms with Crippen LogP contribution in [0.1, 0.15) is 59.4 Å². The van der Waals surface area contributed by atoms with Crippen LogP contribution in [0, 0.1) is 17.3 Å². The highest BCUT2D eigenvalue weighted by atomic mass is 16.6. The van der Waals surface area contributed by atoms with Gasteiger partial charge in [-0.05, 0) is 63.9 Å². The van der Waals surface area contributed by atoms with Crippen molar-refractivity contribution in [3.05, 3.63) is 35.9 Å². The molecule has 1 saturated heterocycles. The number of carbonyl (C=O) groups is 1. The van der Waals surface area contributed by atoms with Gasteiger partial charge in [0.05, 0.1) is 23.7 Å². The van der Waals surface area contributed by atoms with Gasteiger partial charge in [-0.1, -0.05) is 44.2 Å². The van der Waals surface area contributed by atoms with Crippen LogP contribution in [0.5, 0.6) is 0 Å². The van der Waals surface area contributed by atoms with Crippen molar-refractivity contribution in [2.24, 2.45) is 17.3 Å². The summed E-state index contributed by atoms with van der Waals surface area (Å²) in [4.78, 5) is 12.2. The predicted molar refractivity (Wildman–Crippen MR) is 107 cm³/mol. The molecule has 0 radical (unpaired) electrons. The number of rotatable bonds is 8. The number of carbonyl (C=O) groups excluding carboxylic acids is 1. The van der Waals surface area contributed by atoms with Gasteiger partial charge in [-0.2, -0.15) is 0 Å². The molecule has 3 unspecified atom stereocenters. The van der Waals surface area contributed by atoms with Gasteiger partial charge in [0.1, 0.15) is 6.61 Å². The number of hydrogen-bond donors (Lipinski definition) is 1. The van der Waals surface area contributed by atoms with Crippen LogP contribution in [0.4, 0.5) is 0 Å². The van der Waals surface area contributed by atoms with E-state index in [0.29, 0.717) is 24.9 Å². The minimum absolute atomic E-state index is 0.0130. The molecule has 1 heterocycles. The molecule has 4 heteroatoms. The van der Waals surface area contributed by atoms with Crippen LogP contribution in [0.25, 0.3) is 0 Å². The maximum atomic E-state index is 12.2. The number of esters is 1. The standard InChI is InChI=1S/C23H36O4/c1-6-18(24)14-20-16(2)19(13-12-17-10-8-7-9-11-17)21(27-20)15-26-22(25)23(3,4)5/h7-11,16,18-21,24H,6,12-15H2,1-5H3/t16-,18?,19?,20?,21+/m1/s1. The highest BCUT2D eigenvalue weighted by Crippen LogP contribution is 2.38. The van der Waals surface area contributed by atoms with Gasteiger partial charge in [-0.15, -0.1) is 0 Å². The first-order valence-corrected chi connectivity index (χ1v) is 10.3. The Morgan fingerprint density at radius 3 is 2.48 bits per heavy atom. The Morgan fingerprint density at radius 1 is 1.22 bits per heavy atom. The quantitative estimate of drug-likeness (QED) is 0.684. The lowest BCUT2D eigenvalue weighted by Gasteiger charge is -2.23. The van der Waals surface area contributed by atoms with E-state index in [4.69, 9.17) is 9.47 Å². The number of aliphatic hydroxyl groups is 1. The first-order valence-electron chi connectivity index (χ1n) is 10.3. The van der Waals surface area contributed by atoms with E-state index < -0.39 is 5.41 Å². The third-order valence-electron chi connectivity index (χ3n) is 5.66. The van der Waals surface area contributed by atoms with Crippen molar-refractivity contribution < 1.29 is 19.4 Å². The van der Waals surface area contributed by atoms with Crippen LogP contribution in [0.15, 0.2) is 30.3 Å². The minimum atomic E-state index is -0.512. The topological polar surface area (TPSA) is 55.8 Å². The Labute approximate surface area is 164 Å². The molecule has 0 bridgehead atoms. The van der Waals surface area contributed by atoms with Crippen LogP contribution < -0.4 is 0 Å². The smallest absolute Gasteiger partial charge is 0.311 e. The molecule has 0 amide bonds. The summed E-state index contributed by atoms with van der Waals surface area (Å²) in [5.74, 6) is 0.442. The maximum Gasteiger partial charge on any atom is 0.311 e. The Kier molecular flexibility index (Phi) is 7.87. The maximum absolute atomic E-state index is 12.2. The fourth-order valence-electron chi connectivity index (χ4n) is 3.73. The van der Waals surface area contributed by atoms with E-state index in [2.05, 4.69) is 31.2 Å². The molecule has 1 fully saturated rings. The number of hydrogen-bond acceptors (Lipinski definition) is 4. The van der Waals surface area contributed by atoms with Crippen molar-refractivity contribution in [1.82, 2.24) is 0 Å². The largest absolute Gasteiger partial charge is 0.463 e. The predicted octanol–water partition coefficient (Wildman–Crippen LogP) is 4.39. The highest BCUT2D eigenvalue weighted by molar-refractivity contribution is 5.75. The van der Waals surface area contributed by atoms with E-state index in [0.717, 1.165) is 19.3 Å². The van der Waals surface area contributed by atoms with Crippen molar-refractivity contribution >= 4 is 5.97 Å². The van der Waals surface area contributed by atoms with Crippen molar-refractivity contribution in [2.45, 2.75) is 78.6 Å². The molecule has 4 nitrogen and oxygen atoms in total. The van der Waals surface area contributed by atoms with Gasteiger partial charge in [0.2, 0.25) is 0 Å². The summed E-state index contributed by atoms with van der Waals surface area (Å²) in [5, 5.41) is 10.1. The first kappa shape index (κ1) is 21.9. The van der Waals surface area contributed by atoms with E-state index in [1.165, 1.54) is 5.56 Å². The molecule has 0 aromatic heterocycles. The van der Waals surface area contributed by atoms with E-state index in [9.17, 15) is 9.90 Å². The van der Waals surface area contributed by atoms with Gasteiger partial charge in [0.15, 0.2) is 0 Å². The molecule has 152 valence electrons. The average Bonchev–Trinajstić information content (AvgIpc) is 2.92. The lowest BCUT2D eigenvalue weighted by molar-refractivity contribution is -0.157. The monoisotopic (exact) mass is 376 g/mol. The summed E-state index contributed by atoms with van der Waals surface area (Å²) in [6.07, 6.45) is 2.90. The Balaban J connectivity index is 2.03. The summed E-state index contributed by atoms with van der Waals surface area (Å²) in [6.45, 7) is 10.1. The Bertz CT molecular complexity index is 578. The lowest BCUT2D eigenvalue weighted by atomic mass is 9.83. The summed E-state index contributed by atoms with van der Waals surface area (Å²) < 4.78 is 11.8. The van der Waals surface area contributed by atoms with Crippen LogP contribution in [-0.2, 0) is 20.7 Å². The van der Waals surface area contributed by atoms with Gasteiger partial charge in [0, 0.05) is 0 Å². The molecule has 0 spiro atoms. The number of aliphatic hydroxyl groups excluding tert-OH is 1. The molecular formula is C23H36O4. The highest BCUT2D eigenvalue weighted by Gasteiger charge is 2.42. The molecular weight excluding hydrogens is 340 g/mol. The lowest BCUT2D eigenvalue weighted by Crippen LogP contribution is -2.30. The molecule has 1 aromatic carbocycles. The molecule has 1 aromatic rings. The summed E-state index contributed by atoms with van der Waals surface area (Å²) >= 11 is 0. The van der Waals surface area contributed by atoms with Crippen LogP contribution in [0.3, 0.4) is 0 Å². The zero-order valence-electron chi connectivity index (χ0n) is 17.5. The number of benzene rings is 1. The van der Waals surface area contributed by atoms with Crippen molar-refractivity contribution in [1.29, 1.82) is 0 Å². The molecule has 5 atom stereocenters. The third kappa shape index (κ3) is 6.32. The fourth-order valence-corrected chi connectivity index (χ4v) is 3.73. The van der Waals surface area contributed by atoms with Gasteiger partial charge in [-0.25, -0.2) is 0 Å². The zero-order chi connectivity index (χ0) is 20.0. The zero-order valence-corrected chi connectivity index (χ0v) is 17.5. The Hall–Kier alpha value is -1.39. The Morgan fingerprint density at radius 2 is 1.89 bits per heavy atom. The van der Waals surface area contributed by atoms with Gasteiger partial charge in [-0.3, -0.25) is 4.79 Å². The van der Waals surface area contributed by atoms with Crippen LogP contribution in [-0.4, -0.2) is 36.0 Å². The van der Waals surface area contributed by atoms with E-state index in [-0.39, 0.29) is 24.3 Å². The van der Waals surface area contributed by atoms with Gasteiger partial charge >= 0.3 is 5.97 Å². The minimum Gasteiger partial charge on any atom is -0.463 e. The molecule has 2 rings (SSSR count). The van der Waals surface area contributed by atoms with Gasteiger partial charge < -0.3 is 14.6 Å². The normalized spacial score (nSPS) is 26.7. The summed E-state index contributed by atoms with van der Waals surface area (Å²) in [7, 11) is 0. The molecule has 0 aliphatic carbocycles. The van der Waals surface area contributed by atoms with Crippen LogP contribution >= 0.6 is 0 Å². The molecule has 1 N–H and O–H groups in total. The van der Waals surface area contributed by atoms with E-state index >= 15 is 0 Å². The second-order valence-corrected chi connectivity index (χ2v) is 8.91. The van der Waals surface area contributed by atoms with Crippen LogP contribution in [0.2, 0.25) is 0 Å². The van der Waals surface area contributed by atoms with Crippen molar-refractivity contribution in [3.8, 4) is 0 Å². The SMILES string of the molecule is CCC(O)CC1O[C@@H](COC(=O)C(C)(C)C)C(CCc2ccccc2)[C@H]1C. The second kappa shape index (κ2) is 9.70. The summed E-state index contributed by atoms with van der Waals surface area (Å²) in [5.41, 5.74) is 0.800. The number of aryl methyl sites for hydroxylation is 1. The first-order chi connectivity index (χ1) is 12.7. The van der Waals surface area contributed by atoms with Crippen molar-refractivity contribution in [3.63, 3.8) is 0 Å². The third-order valence-corrected chi connectivity index (χ3v) is 5.66. The number of ether oxygens (including phenoxy) is 2. The fraction of sp³-hybridized carbons (Fsp3) is 0.696. The average molecular weight is 377 g/mol. The van der Waals surface area contributed by atoms with E-state index in [1.807, 2.05) is 33.8 Å². The molecule has 0 saturated carbocycles. The van der Waals surface area contributed by atoms with E-state index in [1.54, 1.807) is 0 Å². The van der Waals surface area contributed by atoms with Crippen molar-refractivity contribution in [2.75, 3.05) is 6.61 Å². The second-order valence-electron chi connectivity index (χ2n) is 8.91. The summed E-state index contributed by atoms with van der Waals surface area (Å²) in [6, 6.07) is 10.4. The molecule has 1 aliphatic heterocycles.